The summed E-state index contributed by atoms with van der Waals surface area (Å²) >= 11 is 5.80. The van der Waals surface area contributed by atoms with Crippen molar-refractivity contribution in [3.63, 3.8) is 0 Å². The number of ether oxygens (including phenoxy) is 1. The first-order chi connectivity index (χ1) is 13.0. The van der Waals surface area contributed by atoms with Crippen LogP contribution in [-0.4, -0.2) is 85.5 Å². The Bertz CT molecular complexity index is 703. The highest BCUT2D eigenvalue weighted by molar-refractivity contribution is 6.31. The molecule has 0 aromatic heterocycles. The van der Waals surface area contributed by atoms with Crippen LogP contribution in [0.4, 0.5) is 4.39 Å². The number of benzene rings is 1. The number of amides is 2. The number of halogens is 2. The Hall–Kier alpha value is -1.70. The van der Waals surface area contributed by atoms with Gasteiger partial charge < -0.3 is 14.5 Å². The molecular formula is C19H25ClFN3O3. The van der Waals surface area contributed by atoms with Crippen molar-refractivity contribution >= 4 is 23.4 Å². The Labute approximate surface area is 163 Å². The van der Waals surface area contributed by atoms with Gasteiger partial charge in [0.1, 0.15) is 5.82 Å². The summed E-state index contributed by atoms with van der Waals surface area (Å²) in [5.74, 6) is -0.539. The minimum atomic E-state index is -0.534. The Morgan fingerprint density at radius 1 is 1.26 bits per heavy atom. The van der Waals surface area contributed by atoms with Gasteiger partial charge in [-0.1, -0.05) is 11.6 Å². The van der Waals surface area contributed by atoms with Gasteiger partial charge in [0.2, 0.25) is 5.91 Å². The van der Waals surface area contributed by atoms with Crippen molar-refractivity contribution in [2.75, 3.05) is 53.0 Å². The molecule has 0 aliphatic carbocycles. The van der Waals surface area contributed by atoms with Gasteiger partial charge in [0.25, 0.3) is 5.91 Å². The quantitative estimate of drug-likeness (QED) is 0.761. The molecule has 2 saturated heterocycles. The standard InChI is InChI=1S/C19H25ClFN3O3/c1-27-12-11-24-8-5-17(19(24)26)22-6-2-7-23(10-9-22)18(25)14-3-4-16(21)15(20)13-14/h3-4,13,17H,2,5-12H2,1H3/t17-/m1/s1. The van der Waals surface area contributed by atoms with Gasteiger partial charge in [-0.25, -0.2) is 4.39 Å². The highest BCUT2D eigenvalue weighted by Crippen LogP contribution is 2.21. The zero-order valence-corrected chi connectivity index (χ0v) is 16.3. The molecule has 2 aliphatic heterocycles. The molecule has 2 fully saturated rings. The summed E-state index contributed by atoms with van der Waals surface area (Å²) in [4.78, 5) is 31.1. The molecule has 148 valence electrons. The molecule has 2 amide bonds. The van der Waals surface area contributed by atoms with Crippen molar-refractivity contribution in [3.05, 3.63) is 34.6 Å². The lowest BCUT2D eigenvalue weighted by atomic mass is 10.2. The molecule has 2 aliphatic rings. The number of nitrogens with zero attached hydrogens (tertiary/aromatic N) is 3. The second-order valence-electron chi connectivity index (χ2n) is 6.93. The van der Waals surface area contributed by atoms with Gasteiger partial charge >= 0.3 is 0 Å². The number of methoxy groups -OCH3 is 1. The topological polar surface area (TPSA) is 53.1 Å². The maximum absolute atomic E-state index is 13.3. The van der Waals surface area contributed by atoms with Gasteiger partial charge in [-0.15, -0.1) is 0 Å². The van der Waals surface area contributed by atoms with Gasteiger partial charge in [0.15, 0.2) is 0 Å². The molecule has 1 aromatic carbocycles. The van der Waals surface area contributed by atoms with Crippen LogP contribution >= 0.6 is 11.6 Å². The summed E-state index contributed by atoms with van der Waals surface area (Å²) in [7, 11) is 1.63. The van der Waals surface area contributed by atoms with Crippen molar-refractivity contribution in [3.8, 4) is 0 Å². The molecule has 0 spiro atoms. The largest absolute Gasteiger partial charge is 0.383 e. The van der Waals surface area contributed by atoms with Crippen LogP contribution in [0.5, 0.6) is 0 Å². The van der Waals surface area contributed by atoms with Gasteiger partial charge in [0, 0.05) is 51.9 Å². The zero-order chi connectivity index (χ0) is 19.4. The van der Waals surface area contributed by atoms with E-state index in [1.165, 1.54) is 18.2 Å². The van der Waals surface area contributed by atoms with Crippen LogP contribution in [0.15, 0.2) is 18.2 Å². The van der Waals surface area contributed by atoms with Gasteiger partial charge in [-0.2, -0.15) is 0 Å². The van der Waals surface area contributed by atoms with E-state index in [1.54, 1.807) is 12.0 Å². The number of hydrogen-bond donors (Lipinski definition) is 0. The lowest BCUT2D eigenvalue weighted by molar-refractivity contribution is -0.132. The van der Waals surface area contributed by atoms with Crippen molar-refractivity contribution in [1.29, 1.82) is 0 Å². The minimum absolute atomic E-state index is 0.0509. The second-order valence-corrected chi connectivity index (χ2v) is 7.34. The molecule has 8 heteroatoms. The van der Waals surface area contributed by atoms with Crippen molar-refractivity contribution in [1.82, 2.24) is 14.7 Å². The predicted octanol–water partition coefficient (Wildman–Crippen LogP) is 1.87. The number of carbonyl (C=O) groups is 2. The maximum Gasteiger partial charge on any atom is 0.253 e. The van der Waals surface area contributed by atoms with Crippen LogP contribution in [0, 0.1) is 5.82 Å². The number of carbonyl (C=O) groups excluding carboxylic acids is 2. The van der Waals surface area contributed by atoms with Crippen LogP contribution in [0.1, 0.15) is 23.2 Å². The fourth-order valence-electron chi connectivity index (χ4n) is 3.75. The molecule has 0 saturated carbocycles. The Kier molecular flexibility index (Phi) is 6.68. The third-order valence-electron chi connectivity index (χ3n) is 5.26. The first-order valence-electron chi connectivity index (χ1n) is 9.27. The smallest absolute Gasteiger partial charge is 0.253 e. The van der Waals surface area contributed by atoms with E-state index in [2.05, 4.69) is 4.90 Å². The van der Waals surface area contributed by atoms with Gasteiger partial charge in [-0.05, 0) is 31.0 Å². The second kappa shape index (κ2) is 8.99. The molecule has 6 nitrogen and oxygen atoms in total. The van der Waals surface area contributed by atoms with Gasteiger partial charge in [-0.3, -0.25) is 14.5 Å². The van der Waals surface area contributed by atoms with Crippen LogP contribution in [0.3, 0.4) is 0 Å². The Morgan fingerprint density at radius 2 is 2.07 bits per heavy atom. The molecule has 3 rings (SSSR count). The molecule has 0 N–H and O–H groups in total. The highest BCUT2D eigenvalue weighted by Gasteiger charge is 2.36. The van der Waals surface area contributed by atoms with E-state index >= 15 is 0 Å². The summed E-state index contributed by atoms with van der Waals surface area (Å²) in [6.45, 7) is 4.49. The average molecular weight is 398 g/mol. The maximum atomic E-state index is 13.3. The lowest BCUT2D eigenvalue weighted by Gasteiger charge is -2.26. The SMILES string of the molecule is COCCN1CC[C@@H](N2CCCN(C(=O)c3ccc(F)c(Cl)c3)CC2)C1=O. The molecule has 0 unspecified atom stereocenters. The van der Waals surface area contributed by atoms with Crippen LogP contribution in [-0.2, 0) is 9.53 Å². The summed E-state index contributed by atoms with van der Waals surface area (Å²) in [5, 5.41) is -0.0509. The van der Waals surface area contributed by atoms with E-state index < -0.39 is 5.82 Å². The summed E-state index contributed by atoms with van der Waals surface area (Å²) < 4.78 is 18.4. The van der Waals surface area contributed by atoms with E-state index in [4.69, 9.17) is 16.3 Å². The summed E-state index contributed by atoms with van der Waals surface area (Å²) in [5.41, 5.74) is 0.387. The normalized spacial score (nSPS) is 21.6. The average Bonchev–Trinajstić information content (AvgIpc) is 2.87. The van der Waals surface area contributed by atoms with E-state index in [1.807, 2.05) is 4.90 Å². The Balaban J connectivity index is 1.59. The fraction of sp³-hybridized carbons (Fsp3) is 0.579. The van der Waals surface area contributed by atoms with E-state index in [9.17, 15) is 14.0 Å². The lowest BCUT2D eigenvalue weighted by Crippen LogP contribution is -2.44. The number of hydrogen-bond acceptors (Lipinski definition) is 4. The first kappa shape index (κ1) is 20.0. The van der Waals surface area contributed by atoms with Crippen molar-refractivity contribution in [2.45, 2.75) is 18.9 Å². The van der Waals surface area contributed by atoms with Crippen molar-refractivity contribution in [2.24, 2.45) is 0 Å². The molecule has 0 bridgehead atoms. The van der Waals surface area contributed by atoms with E-state index in [0.717, 1.165) is 25.9 Å². The van der Waals surface area contributed by atoms with Crippen LogP contribution < -0.4 is 0 Å². The summed E-state index contributed by atoms with van der Waals surface area (Å²) in [6, 6.07) is 3.93. The monoisotopic (exact) mass is 397 g/mol. The molecule has 27 heavy (non-hydrogen) atoms. The molecule has 1 atom stereocenters. The van der Waals surface area contributed by atoms with Crippen LogP contribution in [0.2, 0.25) is 5.02 Å². The van der Waals surface area contributed by atoms with Crippen LogP contribution in [0.25, 0.3) is 0 Å². The third-order valence-corrected chi connectivity index (χ3v) is 5.55. The van der Waals surface area contributed by atoms with E-state index in [0.29, 0.717) is 38.3 Å². The molecule has 0 radical (unpaired) electrons. The van der Waals surface area contributed by atoms with Crippen molar-refractivity contribution < 1.29 is 18.7 Å². The molecule has 2 heterocycles. The number of likely N-dealkylation sites (tertiary alicyclic amines) is 1. The predicted molar refractivity (Wildman–Crippen MR) is 100 cm³/mol. The molecule has 1 aromatic rings. The first-order valence-corrected chi connectivity index (χ1v) is 9.65. The van der Waals surface area contributed by atoms with E-state index in [-0.39, 0.29) is 22.9 Å². The zero-order valence-electron chi connectivity index (χ0n) is 15.5. The number of rotatable bonds is 5. The fourth-order valence-corrected chi connectivity index (χ4v) is 3.93. The summed E-state index contributed by atoms with van der Waals surface area (Å²) in [6.07, 6.45) is 1.60. The molecular weight excluding hydrogens is 373 g/mol. The Morgan fingerprint density at radius 3 is 2.81 bits per heavy atom. The minimum Gasteiger partial charge on any atom is -0.383 e. The highest BCUT2D eigenvalue weighted by atomic mass is 35.5. The third kappa shape index (κ3) is 4.59. The van der Waals surface area contributed by atoms with Gasteiger partial charge in [0.05, 0.1) is 17.7 Å².